The minimum Gasteiger partial charge on any atom is -0.409 e. The van der Waals surface area contributed by atoms with Crippen LogP contribution in [0.25, 0.3) is 0 Å². The second-order valence-electron chi connectivity index (χ2n) is 5.53. The third kappa shape index (κ3) is 5.05. The van der Waals surface area contributed by atoms with E-state index in [2.05, 4.69) is 47.9 Å². The van der Waals surface area contributed by atoms with Crippen molar-refractivity contribution in [3.8, 4) is 0 Å². The molecule has 3 N–H and O–H groups in total. The van der Waals surface area contributed by atoms with Crippen molar-refractivity contribution in [2.75, 3.05) is 38.6 Å². The Morgan fingerprint density at radius 3 is 2.50 bits per heavy atom. The van der Waals surface area contributed by atoms with Gasteiger partial charge in [0.25, 0.3) is 0 Å². The number of pyridine rings is 1. The first kappa shape index (κ1) is 16.2. The molecule has 0 aliphatic carbocycles. The molecule has 0 amide bonds. The number of likely N-dealkylation sites (N-methyl/N-ethyl adjacent to an activating group) is 1. The van der Waals surface area contributed by atoms with Crippen molar-refractivity contribution in [3.05, 3.63) is 23.9 Å². The predicted molar refractivity (Wildman–Crippen MR) is 82.4 cm³/mol. The van der Waals surface area contributed by atoms with Crippen LogP contribution in [0.1, 0.15) is 19.4 Å². The van der Waals surface area contributed by atoms with Gasteiger partial charge in [-0.3, -0.25) is 0 Å². The first-order valence-electron chi connectivity index (χ1n) is 6.77. The topological polar surface area (TPSA) is 78.0 Å². The number of nitrogens with zero attached hydrogens (tertiary/aromatic N) is 4. The van der Waals surface area contributed by atoms with E-state index in [0.29, 0.717) is 11.5 Å². The molecule has 1 rings (SSSR count). The fourth-order valence-corrected chi connectivity index (χ4v) is 1.84. The SMILES string of the molecule is CC(C)CN(CCN(C)C)c1ccc(C(N)=NO)cn1. The smallest absolute Gasteiger partial charge is 0.171 e. The first-order chi connectivity index (χ1) is 9.43. The highest BCUT2D eigenvalue weighted by Crippen LogP contribution is 2.13. The molecule has 0 spiro atoms. The summed E-state index contributed by atoms with van der Waals surface area (Å²) in [6.45, 7) is 7.21. The van der Waals surface area contributed by atoms with Crippen LogP contribution in [0.3, 0.4) is 0 Å². The van der Waals surface area contributed by atoms with Crippen LogP contribution in [-0.4, -0.2) is 54.7 Å². The molecule has 0 aliphatic heterocycles. The lowest BCUT2D eigenvalue weighted by Gasteiger charge is -2.27. The minimum atomic E-state index is 0.0766. The van der Waals surface area contributed by atoms with Crippen LogP contribution in [0.4, 0.5) is 5.82 Å². The number of amidine groups is 1. The van der Waals surface area contributed by atoms with Gasteiger partial charge in [-0.1, -0.05) is 19.0 Å². The van der Waals surface area contributed by atoms with Gasteiger partial charge in [-0.2, -0.15) is 0 Å². The maximum atomic E-state index is 8.65. The Morgan fingerprint density at radius 1 is 1.35 bits per heavy atom. The summed E-state index contributed by atoms with van der Waals surface area (Å²) >= 11 is 0. The summed E-state index contributed by atoms with van der Waals surface area (Å²) in [4.78, 5) is 8.82. The van der Waals surface area contributed by atoms with Gasteiger partial charge in [0.15, 0.2) is 5.84 Å². The molecule has 0 atom stereocenters. The quantitative estimate of drug-likeness (QED) is 0.339. The van der Waals surface area contributed by atoms with Crippen molar-refractivity contribution in [2.45, 2.75) is 13.8 Å². The maximum Gasteiger partial charge on any atom is 0.171 e. The molecule has 20 heavy (non-hydrogen) atoms. The second-order valence-corrected chi connectivity index (χ2v) is 5.53. The Kier molecular flexibility index (Phi) is 6.24. The molecule has 1 aromatic rings. The van der Waals surface area contributed by atoms with Crippen molar-refractivity contribution in [1.29, 1.82) is 0 Å². The van der Waals surface area contributed by atoms with Gasteiger partial charge in [0.1, 0.15) is 5.82 Å². The van der Waals surface area contributed by atoms with Gasteiger partial charge in [0.05, 0.1) is 0 Å². The number of aromatic nitrogens is 1. The molecule has 0 aliphatic rings. The summed E-state index contributed by atoms with van der Waals surface area (Å²) in [5.41, 5.74) is 6.16. The minimum absolute atomic E-state index is 0.0766. The lowest BCUT2D eigenvalue weighted by atomic mass is 10.2. The van der Waals surface area contributed by atoms with E-state index >= 15 is 0 Å². The summed E-state index contributed by atoms with van der Waals surface area (Å²) in [5.74, 6) is 1.55. The molecule has 1 heterocycles. The van der Waals surface area contributed by atoms with Crippen LogP contribution in [0.15, 0.2) is 23.5 Å². The second kappa shape index (κ2) is 7.69. The third-order valence-electron chi connectivity index (χ3n) is 2.88. The molecule has 0 aromatic carbocycles. The largest absolute Gasteiger partial charge is 0.409 e. The number of hydrogen-bond donors (Lipinski definition) is 2. The van der Waals surface area contributed by atoms with Crippen molar-refractivity contribution in [1.82, 2.24) is 9.88 Å². The number of anilines is 1. The molecule has 6 nitrogen and oxygen atoms in total. The van der Waals surface area contributed by atoms with E-state index in [4.69, 9.17) is 10.9 Å². The van der Waals surface area contributed by atoms with Crippen LogP contribution < -0.4 is 10.6 Å². The van der Waals surface area contributed by atoms with Crippen molar-refractivity contribution >= 4 is 11.7 Å². The van der Waals surface area contributed by atoms with E-state index in [1.54, 1.807) is 6.20 Å². The Bertz CT molecular complexity index is 428. The lowest BCUT2D eigenvalue weighted by molar-refractivity contribution is 0.318. The Labute approximate surface area is 120 Å². The molecular weight excluding hydrogens is 254 g/mol. The molecule has 6 heteroatoms. The fourth-order valence-electron chi connectivity index (χ4n) is 1.84. The van der Waals surface area contributed by atoms with Gasteiger partial charge < -0.3 is 20.7 Å². The van der Waals surface area contributed by atoms with E-state index in [-0.39, 0.29) is 5.84 Å². The Morgan fingerprint density at radius 2 is 2.05 bits per heavy atom. The zero-order valence-corrected chi connectivity index (χ0v) is 12.7. The lowest BCUT2D eigenvalue weighted by Crippen LogP contribution is -2.35. The summed E-state index contributed by atoms with van der Waals surface area (Å²) in [6.07, 6.45) is 1.63. The molecule has 0 saturated heterocycles. The Balaban J connectivity index is 2.84. The number of rotatable bonds is 7. The van der Waals surface area contributed by atoms with Crippen molar-refractivity contribution in [2.24, 2.45) is 16.8 Å². The third-order valence-corrected chi connectivity index (χ3v) is 2.88. The summed E-state index contributed by atoms with van der Waals surface area (Å²) < 4.78 is 0. The molecular formula is C14H25N5O. The summed E-state index contributed by atoms with van der Waals surface area (Å²) in [5, 5.41) is 11.6. The average Bonchev–Trinajstić information content (AvgIpc) is 2.42. The van der Waals surface area contributed by atoms with E-state index < -0.39 is 0 Å². The van der Waals surface area contributed by atoms with Gasteiger partial charge in [0.2, 0.25) is 0 Å². The number of oxime groups is 1. The highest BCUT2D eigenvalue weighted by Gasteiger charge is 2.11. The molecule has 1 aromatic heterocycles. The predicted octanol–water partition coefficient (Wildman–Crippen LogP) is 1.20. The van der Waals surface area contributed by atoms with E-state index in [1.165, 1.54) is 0 Å². The maximum absolute atomic E-state index is 8.65. The molecule has 0 saturated carbocycles. The molecule has 0 fully saturated rings. The van der Waals surface area contributed by atoms with Gasteiger partial charge in [-0.15, -0.1) is 0 Å². The van der Waals surface area contributed by atoms with E-state index in [0.717, 1.165) is 25.5 Å². The molecule has 0 unspecified atom stereocenters. The monoisotopic (exact) mass is 279 g/mol. The van der Waals surface area contributed by atoms with Gasteiger partial charge >= 0.3 is 0 Å². The first-order valence-corrected chi connectivity index (χ1v) is 6.77. The van der Waals surface area contributed by atoms with Crippen LogP contribution in [-0.2, 0) is 0 Å². The van der Waals surface area contributed by atoms with Crippen LogP contribution in [0.2, 0.25) is 0 Å². The average molecular weight is 279 g/mol. The highest BCUT2D eigenvalue weighted by molar-refractivity contribution is 5.96. The van der Waals surface area contributed by atoms with Crippen LogP contribution >= 0.6 is 0 Å². The van der Waals surface area contributed by atoms with Crippen LogP contribution in [0.5, 0.6) is 0 Å². The zero-order valence-electron chi connectivity index (χ0n) is 12.7. The van der Waals surface area contributed by atoms with Gasteiger partial charge in [0, 0.05) is 31.4 Å². The summed E-state index contributed by atoms with van der Waals surface area (Å²) in [6, 6.07) is 3.73. The normalized spacial score (nSPS) is 12.2. The van der Waals surface area contributed by atoms with E-state index in [1.807, 2.05) is 12.1 Å². The van der Waals surface area contributed by atoms with Crippen molar-refractivity contribution < 1.29 is 5.21 Å². The molecule has 0 bridgehead atoms. The van der Waals surface area contributed by atoms with E-state index in [9.17, 15) is 0 Å². The van der Waals surface area contributed by atoms with Crippen LogP contribution in [0, 0.1) is 5.92 Å². The number of hydrogen-bond acceptors (Lipinski definition) is 5. The molecule has 0 radical (unpaired) electrons. The van der Waals surface area contributed by atoms with Crippen molar-refractivity contribution in [3.63, 3.8) is 0 Å². The number of nitrogens with two attached hydrogens (primary N) is 1. The fraction of sp³-hybridized carbons (Fsp3) is 0.571. The highest BCUT2D eigenvalue weighted by atomic mass is 16.4. The summed E-state index contributed by atoms with van der Waals surface area (Å²) in [7, 11) is 4.12. The molecule has 112 valence electrons. The zero-order chi connectivity index (χ0) is 15.1. The Hall–Kier alpha value is -1.82. The van der Waals surface area contributed by atoms with Gasteiger partial charge in [-0.25, -0.2) is 4.98 Å². The van der Waals surface area contributed by atoms with Gasteiger partial charge in [-0.05, 0) is 32.1 Å². The standard InChI is InChI=1S/C14H25N5O/c1-11(2)10-19(8-7-18(3)4)13-6-5-12(9-16-13)14(15)17-20/h5-6,9,11,20H,7-8,10H2,1-4H3,(H2,15,17).